The van der Waals surface area contributed by atoms with E-state index in [9.17, 15) is 14.4 Å². The van der Waals surface area contributed by atoms with Gasteiger partial charge >= 0.3 is 12.1 Å². The summed E-state index contributed by atoms with van der Waals surface area (Å²) in [7, 11) is 1.28. The lowest BCUT2D eigenvalue weighted by Gasteiger charge is -2.26. The van der Waals surface area contributed by atoms with Gasteiger partial charge in [0.25, 0.3) is 5.91 Å². The highest BCUT2D eigenvalue weighted by atomic mass is 32.1. The molecule has 0 fully saturated rings. The summed E-state index contributed by atoms with van der Waals surface area (Å²) >= 11 is 2.97. The lowest BCUT2D eigenvalue weighted by molar-refractivity contribution is 0.0597. The molecule has 0 unspecified atom stereocenters. The zero-order valence-corrected chi connectivity index (χ0v) is 21.3. The van der Waals surface area contributed by atoms with Crippen LogP contribution in [-0.2, 0) is 22.4 Å². The van der Waals surface area contributed by atoms with Crippen molar-refractivity contribution in [1.29, 1.82) is 0 Å². The minimum absolute atomic E-state index is 0.189. The van der Waals surface area contributed by atoms with Gasteiger partial charge in [-0.1, -0.05) is 24.3 Å². The Morgan fingerprint density at radius 3 is 2.56 bits per heavy atom. The third kappa shape index (κ3) is 4.45. The summed E-state index contributed by atoms with van der Waals surface area (Å²) in [5.74, 6) is -0.998. The Morgan fingerprint density at radius 1 is 1.06 bits per heavy atom. The molecule has 184 valence electrons. The fraction of sp³-hybridized carbons (Fsp3) is 0.231. The van der Waals surface area contributed by atoms with Crippen LogP contribution in [0.1, 0.15) is 38.1 Å². The van der Waals surface area contributed by atoms with E-state index < -0.39 is 11.9 Å². The number of carbonyl (C=O) groups is 3. The number of ether oxygens (including phenoxy) is 2. The van der Waals surface area contributed by atoms with Crippen LogP contribution >= 0.6 is 22.7 Å². The van der Waals surface area contributed by atoms with Crippen molar-refractivity contribution < 1.29 is 23.9 Å². The zero-order chi connectivity index (χ0) is 25.2. The fourth-order valence-corrected chi connectivity index (χ4v) is 6.58. The zero-order valence-electron chi connectivity index (χ0n) is 19.7. The molecule has 2 amide bonds. The van der Waals surface area contributed by atoms with Gasteiger partial charge in [0.2, 0.25) is 0 Å². The van der Waals surface area contributed by atoms with Crippen LogP contribution in [0, 0.1) is 0 Å². The molecule has 1 N–H and O–H groups in total. The van der Waals surface area contributed by atoms with E-state index >= 15 is 0 Å². The molecule has 3 heterocycles. The highest BCUT2D eigenvalue weighted by Gasteiger charge is 2.30. The minimum Gasteiger partial charge on any atom is -0.465 e. The maximum atomic E-state index is 13.4. The van der Waals surface area contributed by atoms with Crippen LogP contribution in [0.25, 0.3) is 20.8 Å². The van der Waals surface area contributed by atoms with Gasteiger partial charge in [0.1, 0.15) is 10.0 Å². The number of fused-ring (bicyclic) bond motifs is 2. The van der Waals surface area contributed by atoms with Crippen molar-refractivity contribution in [2.45, 2.75) is 19.9 Å². The van der Waals surface area contributed by atoms with Crippen molar-refractivity contribution in [2.24, 2.45) is 0 Å². The first kappa shape index (κ1) is 24.0. The number of para-hydroxylation sites is 1. The molecule has 0 radical (unpaired) electrons. The molecule has 0 aliphatic carbocycles. The SMILES string of the molecule is CCOC(=O)N1CCc2c(sc(NC(=O)c3ccccc3C(=O)OC)c2-c2nc3ccccc3s2)C1. The van der Waals surface area contributed by atoms with Crippen LogP contribution in [0.3, 0.4) is 0 Å². The molecule has 0 spiro atoms. The number of hydrogen-bond acceptors (Lipinski definition) is 8. The van der Waals surface area contributed by atoms with Crippen molar-refractivity contribution in [3.05, 3.63) is 70.1 Å². The number of anilines is 1. The highest BCUT2D eigenvalue weighted by molar-refractivity contribution is 7.23. The van der Waals surface area contributed by atoms with Gasteiger partial charge < -0.3 is 19.7 Å². The Balaban J connectivity index is 1.56. The van der Waals surface area contributed by atoms with Gasteiger partial charge in [-0.3, -0.25) is 4.79 Å². The number of esters is 1. The van der Waals surface area contributed by atoms with Gasteiger partial charge in [0.05, 0.1) is 41.6 Å². The molecule has 2 aromatic carbocycles. The van der Waals surface area contributed by atoms with Crippen molar-refractivity contribution >= 4 is 55.9 Å². The van der Waals surface area contributed by atoms with E-state index in [2.05, 4.69) is 5.32 Å². The second-order valence-corrected chi connectivity index (χ2v) is 10.2. The van der Waals surface area contributed by atoms with Crippen molar-refractivity contribution in [1.82, 2.24) is 9.88 Å². The number of benzene rings is 2. The van der Waals surface area contributed by atoms with Gasteiger partial charge in [0, 0.05) is 17.0 Å². The van der Waals surface area contributed by atoms with Gasteiger partial charge in [-0.05, 0) is 43.2 Å². The van der Waals surface area contributed by atoms with Gasteiger partial charge in [-0.25, -0.2) is 14.6 Å². The van der Waals surface area contributed by atoms with Crippen molar-refractivity contribution in [3.63, 3.8) is 0 Å². The normalized spacial score (nSPS) is 12.8. The molecule has 1 aliphatic rings. The monoisotopic (exact) mass is 521 g/mol. The predicted octanol–water partition coefficient (Wildman–Crippen LogP) is 5.58. The van der Waals surface area contributed by atoms with Crippen LogP contribution in [0.4, 0.5) is 9.80 Å². The third-order valence-electron chi connectivity index (χ3n) is 5.89. The lowest BCUT2D eigenvalue weighted by atomic mass is 10.0. The largest absolute Gasteiger partial charge is 0.465 e. The number of nitrogens with zero attached hydrogens (tertiary/aromatic N) is 2. The molecule has 1 aliphatic heterocycles. The van der Waals surface area contributed by atoms with E-state index in [0.717, 1.165) is 31.2 Å². The first-order chi connectivity index (χ1) is 17.5. The molecule has 0 saturated carbocycles. The third-order valence-corrected chi connectivity index (χ3v) is 8.08. The summed E-state index contributed by atoms with van der Waals surface area (Å²) in [5.41, 5.74) is 3.22. The predicted molar refractivity (Wildman–Crippen MR) is 140 cm³/mol. The number of thiophene rings is 1. The summed E-state index contributed by atoms with van der Waals surface area (Å²) in [6.07, 6.45) is 0.264. The van der Waals surface area contributed by atoms with Crippen LogP contribution in [-0.4, -0.2) is 48.1 Å². The Hall–Kier alpha value is -3.76. The van der Waals surface area contributed by atoms with Gasteiger partial charge in [0.15, 0.2) is 0 Å². The summed E-state index contributed by atoms with van der Waals surface area (Å²) in [4.78, 5) is 45.4. The first-order valence-corrected chi connectivity index (χ1v) is 13.0. The standard InChI is InChI=1S/C26H23N3O5S2/c1-3-34-26(32)29-13-12-17-20(14-29)36-24(21(17)23-27-18-10-6-7-11-19(18)35-23)28-22(30)15-8-4-5-9-16(15)25(31)33-2/h4-11H,3,12-14H2,1-2H3,(H,28,30). The molecule has 0 atom stereocenters. The Bertz CT molecular complexity index is 1440. The van der Waals surface area contributed by atoms with E-state index in [0.29, 0.717) is 31.1 Å². The maximum absolute atomic E-state index is 13.4. The molecule has 0 bridgehead atoms. The van der Waals surface area contributed by atoms with Crippen LogP contribution in [0.2, 0.25) is 0 Å². The topological polar surface area (TPSA) is 97.8 Å². The lowest BCUT2D eigenvalue weighted by Crippen LogP contribution is -2.35. The fourth-order valence-electron chi connectivity index (χ4n) is 4.21. The number of carbonyl (C=O) groups excluding carboxylic acids is 3. The van der Waals surface area contributed by atoms with Crippen molar-refractivity contribution in [3.8, 4) is 10.6 Å². The Labute approximate surface area is 215 Å². The highest BCUT2D eigenvalue weighted by Crippen LogP contribution is 2.46. The molecule has 4 aromatic rings. The molecule has 0 saturated heterocycles. The van der Waals surface area contributed by atoms with E-state index in [1.54, 1.807) is 47.4 Å². The molecule has 2 aromatic heterocycles. The van der Waals surface area contributed by atoms with Gasteiger partial charge in [-0.15, -0.1) is 22.7 Å². The summed E-state index contributed by atoms with van der Waals surface area (Å²) < 4.78 is 11.1. The number of rotatable bonds is 5. The molecular formula is C26H23N3O5S2. The van der Waals surface area contributed by atoms with Gasteiger partial charge in [-0.2, -0.15) is 0 Å². The number of amides is 2. The first-order valence-electron chi connectivity index (χ1n) is 11.4. The van der Waals surface area contributed by atoms with E-state index in [1.165, 1.54) is 18.4 Å². The average molecular weight is 522 g/mol. The Morgan fingerprint density at radius 2 is 1.81 bits per heavy atom. The number of nitrogens with one attached hydrogen (secondary N) is 1. The number of methoxy groups -OCH3 is 1. The average Bonchev–Trinajstić information content (AvgIpc) is 3.48. The van der Waals surface area contributed by atoms with Crippen LogP contribution < -0.4 is 5.32 Å². The van der Waals surface area contributed by atoms with Crippen LogP contribution in [0.5, 0.6) is 0 Å². The number of aromatic nitrogens is 1. The smallest absolute Gasteiger partial charge is 0.410 e. The summed E-state index contributed by atoms with van der Waals surface area (Å²) in [6.45, 7) is 3.00. The number of thiazole rings is 1. The molecule has 8 nitrogen and oxygen atoms in total. The minimum atomic E-state index is -0.581. The molecule has 36 heavy (non-hydrogen) atoms. The van der Waals surface area contributed by atoms with Crippen molar-refractivity contribution in [2.75, 3.05) is 25.6 Å². The Kier molecular flexibility index (Phi) is 6.71. The summed E-state index contributed by atoms with van der Waals surface area (Å²) in [6, 6.07) is 14.4. The second kappa shape index (κ2) is 10.1. The van der Waals surface area contributed by atoms with E-state index in [4.69, 9.17) is 14.5 Å². The molecule has 10 heteroatoms. The maximum Gasteiger partial charge on any atom is 0.410 e. The quantitative estimate of drug-likeness (QED) is 0.345. The molecule has 5 rings (SSSR count). The summed E-state index contributed by atoms with van der Waals surface area (Å²) in [5, 5.41) is 4.45. The number of hydrogen-bond donors (Lipinski definition) is 1. The van der Waals surface area contributed by atoms with Crippen LogP contribution in [0.15, 0.2) is 48.5 Å². The molecular weight excluding hydrogens is 498 g/mol. The van der Waals surface area contributed by atoms with E-state index in [1.807, 2.05) is 24.3 Å². The second-order valence-electron chi connectivity index (χ2n) is 8.06. The van der Waals surface area contributed by atoms with E-state index in [-0.39, 0.29) is 17.2 Å².